The summed E-state index contributed by atoms with van der Waals surface area (Å²) in [7, 11) is 0. The molecular weight excluding hydrogens is 248 g/mol. The van der Waals surface area contributed by atoms with E-state index in [0.717, 1.165) is 6.07 Å². The SMILES string of the molecule is O=C1CCc2cc(F)c(F)cc2N1CCCCl. The van der Waals surface area contributed by atoms with E-state index in [1.807, 2.05) is 0 Å². The molecule has 92 valence electrons. The smallest absolute Gasteiger partial charge is 0.227 e. The van der Waals surface area contributed by atoms with E-state index in [1.165, 1.54) is 11.0 Å². The van der Waals surface area contributed by atoms with Crippen molar-refractivity contribution in [1.82, 2.24) is 0 Å². The number of aryl methyl sites for hydroxylation is 1. The van der Waals surface area contributed by atoms with Gasteiger partial charge in [-0.2, -0.15) is 0 Å². The number of carbonyl (C=O) groups excluding carboxylic acids is 1. The fraction of sp³-hybridized carbons (Fsp3) is 0.417. The van der Waals surface area contributed by atoms with Crippen LogP contribution in [0.3, 0.4) is 0 Å². The molecule has 2 nitrogen and oxygen atoms in total. The van der Waals surface area contributed by atoms with Gasteiger partial charge in [-0.1, -0.05) is 0 Å². The van der Waals surface area contributed by atoms with Gasteiger partial charge >= 0.3 is 0 Å². The summed E-state index contributed by atoms with van der Waals surface area (Å²) >= 11 is 5.58. The molecule has 1 amide bonds. The highest BCUT2D eigenvalue weighted by Crippen LogP contribution is 2.30. The van der Waals surface area contributed by atoms with Crippen LogP contribution in [0.1, 0.15) is 18.4 Å². The number of halogens is 3. The van der Waals surface area contributed by atoms with Gasteiger partial charge < -0.3 is 4.90 Å². The largest absolute Gasteiger partial charge is 0.312 e. The summed E-state index contributed by atoms with van der Waals surface area (Å²) in [6, 6.07) is 2.26. The summed E-state index contributed by atoms with van der Waals surface area (Å²) in [6.45, 7) is 0.445. The van der Waals surface area contributed by atoms with Crippen molar-refractivity contribution in [2.24, 2.45) is 0 Å². The van der Waals surface area contributed by atoms with E-state index in [9.17, 15) is 13.6 Å². The summed E-state index contributed by atoms with van der Waals surface area (Å²) in [5.41, 5.74) is 1.16. The van der Waals surface area contributed by atoms with Gasteiger partial charge in [-0.15, -0.1) is 11.6 Å². The molecule has 1 aliphatic heterocycles. The molecule has 0 aliphatic carbocycles. The van der Waals surface area contributed by atoms with Gasteiger partial charge in [0.1, 0.15) is 0 Å². The van der Waals surface area contributed by atoms with Gasteiger partial charge in [0, 0.05) is 30.6 Å². The Morgan fingerprint density at radius 1 is 1.24 bits per heavy atom. The molecule has 17 heavy (non-hydrogen) atoms. The van der Waals surface area contributed by atoms with Gasteiger partial charge in [0.15, 0.2) is 11.6 Å². The first kappa shape index (κ1) is 12.3. The van der Waals surface area contributed by atoms with E-state index < -0.39 is 11.6 Å². The molecular formula is C12H12ClF2NO. The standard InChI is InChI=1S/C12H12ClF2NO/c13-4-1-5-16-11-7-10(15)9(14)6-8(11)2-3-12(16)17/h6-7H,1-5H2. The van der Waals surface area contributed by atoms with Crippen molar-refractivity contribution in [2.45, 2.75) is 19.3 Å². The summed E-state index contributed by atoms with van der Waals surface area (Å²) in [5, 5.41) is 0. The van der Waals surface area contributed by atoms with Crippen molar-refractivity contribution in [1.29, 1.82) is 0 Å². The second kappa shape index (κ2) is 5.00. The lowest BCUT2D eigenvalue weighted by Crippen LogP contribution is -2.36. The molecule has 1 aromatic carbocycles. The van der Waals surface area contributed by atoms with Gasteiger partial charge in [0.2, 0.25) is 5.91 Å². The molecule has 0 N–H and O–H groups in total. The van der Waals surface area contributed by atoms with Crippen LogP contribution in [0.5, 0.6) is 0 Å². The summed E-state index contributed by atoms with van der Waals surface area (Å²) in [4.78, 5) is 13.2. The van der Waals surface area contributed by atoms with Crippen LogP contribution in [-0.2, 0) is 11.2 Å². The first-order valence-corrected chi connectivity index (χ1v) is 6.01. The zero-order chi connectivity index (χ0) is 12.4. The lowest BCUT2D eigenvalue weighted by atomic mass is 10.0. The van der Waals surface area contributed by atoms with Crippen LogP contribution >= 0.6 is 11.6 Å². The Labute approximate surface area is 103 Å². The van der Waals surface area contributed by atoms with E-state index in [2.05, 4.69) is 0 Å². The van der Waals surface area contributed by atoms with Gasteiger partial charge in [-0.3, -0.25) is 4.79 Å². The van der Waals surface area contributed by atoms with Gasteiger partial charge in [-0.25, -0.2) is 8.78 Å². The normalized spacial score (nSPS) is 15.0. The van der Waals surface area contributed by atoms with E-state index >= 15 is 0 Å². The quantitative estimate of drug-likeness (QED) is 0.765. The lowest BCUT2D eigenvalue weighted by molar-refractivity contribution is -0.118. The third-order valence-corrected chi connectivity index (χ3v) is 3.10. The number of nitrogens with zero attached hydrogens (tertiary/aromatic N) is 1. The number of rotatable bonds is 3. The molecule has 0 unspecified atom stereocenters. The number of amides is 1. The average Bonchev–Trinajstić information content (AvgIpc) is 2.30. The fourth-order valence-electron chi connectivity index (χ4n) is 2.00. The molecule has 1 aliphatic rings. The molecule has 2 rings (SSSR count). The van der Waals surface area contributed by atoms with Crippen LogP contribution in [-0.4, -0.2) is 18.3 Å². The van der Waals surface area contributed by atoms with E-state index in [4.69, 9.17) is 11.6 Å². The molecule has 0 fully saturated rings. The van der Waals surface area contributed by atoms with Crippen molar-refractivity contribution in [3.63, 3.8) is 0 Å². The number of carbonyl (C=O) groups is 1. The Morgan fingerprint density at radius 2 is 1.94 bits per heavy atom. The number of hydrogen-bond donors (Lipinski definition) is 0. The molecule has 0 bridgehead atoms. The number of anilines is 1. The highest BCUT2D eigenvalue weighted by molar-refractivity contribution is 6.17. The van der Waals surface area contributed by atoms with Gasteiger partial charge in [0.25, 0.3) is 0 Å². The van der Waals surface area contributed by atoms with Crippen molar-refractivity contribution in [3.8, 4) is 0 Å². The van der Waals surface area contributed by atoms with Crippen LogP contribution in [0, 0.1) is 11.6 Å². The van der Waals surface area contributed by atoms with E-state index in [-0.39, 0.29) is 5.91 Å². The Morgan fingerprint density at radius 3 is 2.65 bits per heavy atom. The highest BCUT2D eigenvalue weighted by Gasteiger charge is 2.25. The first-order valence-electron chi connectivity index (χ1n) is 5.47. The topological polar surface area (TPSA) is 20.3 Å². The van der Waals surface area contributed by atoms with Crippen molar-refractivity contribution in [2.75, 3.05) is 17.3 Å². The fourth-order valence-corrected chi connectivity index (χ4v) is 2.12. The number of alkyl halides is 1. The van der Waals surface area contributed by atoms with Crippen LogP contribution in [0.15, 0.2) is 12.1 Å². The number of hydrogen-bond acceptors (Lipinski definition) is 1. The molecule has 0 saturated carbocycles. The molecule has 5 heteroatoms. The minimum absolute atomic E-state index is 0.0615. The third kappa shape index (κ3) is 2.41. The molecule has 1 aromatic rings. The molecule has 1 heterocycles. The Balaban J connectivity index is 2.36. The van der Waals surface area contributed by atoms with Crippen LogP contribution in [0.4, 0.5) is 14.5 Å². The predicted molar refractivity (Wildman–Crippen MR) is 62.4 cm³/mol. The minimum atomic E-state index is -0.922. The highest BCUT2D eigenvalue weighted by atomic mass is 35.5. The van der Waals surface area contributed by atoms with Crippen molar-refractivity contribution >= 4 is 23.2 Å². The first-order chi connectivity index (χ1) is 8.13. The second-order valence-corrected chi connectivity index (χ2v) is 4.36. The maximum atomic E-state index is 13.2. The number of benzene rings is 1. The minimum Gasteiger partial charge on any atom is -0.312 e. The van der Waals surface area contributed by atoms with E-state index in [1.54, 1.807) is 0 Å². The summed E-state index contributed by atoms with van der Waals surface area (Å²) in [6.07, 6.45) is 1.43. The lowest BCUT2D eigenvalue weighted by Gasteiger charge is -2.29. The molecule has 0 radical (unpaired) electrons. The third-order valence-electron chi connectivity index (χ3n) is 2.84. The predicted octanol–water partition coefficient (Wildman–Crippen LogP) is 2.87. The van der Waals surface area contributed by atoms with Crippen molar-refractivity contribution < 1.29 is 13.6 Å². The Bertz CT molecular complexity index is 450. The molecule has 0 atom stereocenters. The summed E-state index contributed by atoms with van der Waals surface area (Å²) in [5.74, 6) is -1.42. The van der Waals surface area contributed by atoms with Crippen molar-refractivity contribution in [3.05, 3.63) is 29.3 Å². The maximum absolute atomic E-state index is 13.2. The molecule has 0 saturated heterocycles. The van der Waals surface area contributed by atoms with Gasteiger partial charge in [0.05, 0.1) is 0 Å². The Kier molecular flexibility index (Phi) is 3.62. The zero-order valence-corrected chi connectivity index (χ0v) is 9.94. The van der Waals surface area contributed by atoms with Crippen LogP contribution in [0.25, 0.3) is 0 Å². The van der Waals surface area contributed by atoms with Crippen LogP contribution in [0.2, 0.25) is 0 Å². The average molecular weight is 260 g/mol. The van der Waals surface area contributed by atoms with Crippen LogP contribution < -0.4 is 4.90 Å². The monoisotopic (exact) mass is 259 g/mol. The van der Waals surface area contributed by atoms with Gasteiger partial charge in [-0.05, 0) is 24.5 Å². The molecule has 0 aromatic heterocycles. The van der Waals surface area contributed by atoms with E-state index in [0.29, 0.717) is 42.9 Å². The zero-order valence-electron chi connectivity index (χ0n) is 9.18. The summed E-state index contributed by atoms with van der Waals surface area (Å²) < 4.78 is 26.3. The number of fused-ring (bicyclic) bond motifs is 1. The maximum Gasteiger partial charge on any atom is 0.227 e. The molecule has 0 spiro atoms. The second-order valence-electron chi connectivity index (χ2n) is 3.98. The Hall–Kier alpha value is -1.16.